The van der Waals surface area contributed by atoms with Crippen LogP contribution in [-0.2, 0) is 29.5 Å². The van der Waals surface area contributed by atoms with Crippen LogP contribution in [0.3, 0.4) is 0 Å². The van der Waals surface area contributed by atoms with Gasteiger partial charge in [0.2, 0.25) is 10.0 Å². The van der Waals surface area contributed by atoms with E-state index in [2.05, 4.69) is 67.4 Å². The van der Waals surface area contributed by atoms with E-state index in [0.717, 1.165) is 60.3 Å². The van der Waals surface area contributed by atoms with Crippen LogP contribution in [0.2, 0.25) is 0 Å². The van der Waals surface area contributed by atoms with E-state index in [4.69, 9.17) is 0 Å². The Hall–Kier alpha value is -3.07. The lowest BCUT2D eigenvalue weighted by atomic mass is 10.0. The fourth-order valence-electron chi connectivity index (χ4n) is 6.85. The number of sulfonamides is 1. The Balaban J connectivity index is 1.10. The number of thiophene rings is 1. The van der Waals surface area contributed by atoms with Crippen molar-refractivity contribution in [2.45, 2.75) is 63.6 Å². The number of aryl methyl sites for hydroxylation is 1. The average molecular weight is 716 g/mol. The first kappa shape index (κ1) is 34.8. The van der Waals surface area contributed by atoms with Crippen molar-refractivity contribution < 1.29 is 21.6 Å². The molecule has 2 saturated heterocycles. The Kier molecular flexibility index (Phi) is 9.66. The largest absolute Gasteiger partial charge is 0.393 e. The second-order valence-corrected chi connectivity index (χ2v) is 17.2. The van der Waals surface area contributed by atoms with E-state index in [0.29, 0.717) is 54.5 Å². The van der Waals surface area contributed by atoms with Crippen LogP contribution >= 0.6 is 11.3 Å². The van der Waals surface area contributed by atoms with E-state index in [1.165, 1.54) is 22.5 Å². The number of alkyl halides is 3. The summed E-state index contributed by atoms with van der Waals surface area (Å²) in [5.74, 6) is 0.581. The Labute approximate surface area is 286 Å². The minimum absolute atomic E-state index is 0.147. The number of nitrogens with one attached hydrogen (secondary N) is 1. The van der Waals surface area contributed by atoms with Crippen molar-refractivity contribution in [3.63, 3.8) is 0 Å². The molecule has 3 aromatic heterocycles. The van der Waals surface area contributed by atoms with Gasteiger partial charge in [-0.05, 0) is 56.0 Å². The summed E-state index contributed by atoms with van der Waals surface area (Å²) in [6, 6.07) is 10.3. The first-order valence-electron chi connectivity index (χ1n) is 15.9. The molecule has 48 heavy (non-hydrogen) atoms. The van der Waals surface area contributed by atoms with E-state index >= 15 is 0 Å². The van der Waals surface area contributed by atoms with Gasteiger partial charge in [-0.2, -0.15) is 22.7 Å². The number of nitrogens with zero attached hydrogens (tertiary/aromatic N) is 7. The number of hydrogen-bond donors (Lipinski definition) is 1. The van der Waals surface area contributed by atoms with Gasteiger partial charge in [-0.1, -0.05) is 6.07 Å². The smallest absolute Gasteiger partial charge is 0.367 e. The molecule has 16 heteroatoms. The summed E-state index contributed by atoms with van der Waals surface area (Å²) >= 11 is 1.05. The molecule has 2 aliphatic heterocycles. The Morgan fingerprint density at radius 3 is 2.44 bits per heavy atom. The summed E-state index contributed by atoms with van der Waals surface area (Å²) in [6.45, 7) is 9.18. The van der Waals surface area contributed by atoms with Crippen molar-refractivity contribution in [2.75, 3.05) is 50.8 Å². The van der Waals surface area contributed by atoms with Gasteiger partial charge in [-0.3, -0.25) is 9.80 Å². The lowest BCUT2D eigenvalue weighted by Crippen LogP contribution is -2.58. The molecular formula is C32H38F3N8O2S2Si. The van der Waals surface area contributed by atoms with Gasteiger partial charge in [-0.15, -0.1) is 11.3 Å². The highest BCUT2D eigenvalue weighted by molar-refractivity contribution is 7.88. The molecule has 255 valence electrons. The van der Waals surface area contributed by atoms with E-state index < -0.39 is 27.8 Å². The molecular weight excluding hydrogens is 678 g/mol. The molecule has 0 spiro atoms. The molecule has 0 saturated carbocycles. The highest BCUT2D eigenvalue weighted by atomic mass is 32.2. The lowest BCUT2D eigenvalue weighted by Gasteiger charge is -2.43. The van der Waals surface area contributed by atoms with Crippen LogP contribution in [-0.4, -0.2) is 110 Å². The first-order chi connectivity index (χ1) is 22.6. The zero-order valence-electron chi connectivity index (χ0n) is 27.1. The van der Waals surface area contributed by atoms with Crippen LogP contribution in [0.4, 0.5) is 19.0 Å². The van der Waals surface area contributed by atoms with Gasteiger partial charge in [0, 0.05) is 79.3 Å². The maximum atomic E-state index is 13.0. The second-order valence-electron chi connectivity index (χ2n) is 13.1. The standard InChI is InChI=1S/C32H38F3N8O2S2Si/c1-21-22(18-40-8-6-23(7-9-40)39-29-27-15-25(16-32(33,34)35)46-30(27)38-20-37-29)4-5-28-26(21)14-24(17-36)43(28)19-31(2,48)41-10-12-42(13-11-41)47(3,44)45/h4-5,14-15,20,23H,6-13,16,18-19H2,1-3H3,(H,37,38,39)/t31-/m0/s1. The third kappa shape index (κ3) is 7.56. The third-order valence-electron chi connectivity index (χ3n) is 9.53. The number of rotatable bonds is 9. The highest BCUT2D eigenvalue weighted by Gasteiger charge is 2.34. The fraction of sp³-hybridized carbons (Fsp3) is 0.531. The fourth-order valence-corrected chi connectivity index (χ4v) is 9.09. The molecule has 2 aliphatic rings. The summed E-state index contributed by atoms with van der Waals surface area (Å²) in [5.41, 5.74) is 3.89. The molecule has 10 nitrogen and oxygen atoms in total. The summed E-state index contributed by atoms with van der Waals surface area (Å²) < 4.78 is 66.4. The number of likely N-dealkylation sites (tertiary alicyclic amines) is 1. The number of nitriles is 1. The molecule has 1 aromatic carbocycles. The highest BCUT2D eigenvalue weighted by Crippen LogP contribution is 2.34. The Bertz CT molecular complexity index is 1960. The van der Waals surface area contributed by atoms with Gasteiger partial charge in [0.1, 0.15) is 28.7 Å². The van der Waals surface area contributed by atoms with Crippen molar-refractivity contribution in [1.29, 1.82) is 5.26 Å². The number of fused-ring (bicyclic) bond motifs is 2. The molecule has 1 atom stereocenters. The molecule has 0 amide bonds. The number of piperidine rings is 1. The van der Waals surface area contributed by atoms with E-state index in [9.17, 15) is 26.9 Å². The van der Waals surface area contributed by atoms with Crippen LogP contribution in [0.1, 0.15) is 41.5 Å². The van der Waals surface area contributed by atoms with Crippen molar-refractivity contribution in [3.05, 3.63) is 52.3 Å². The van der Waals surface area contributed by atoms with Crippen LogP contribution in [0.25, 0.3) is 21.1 Å². The molecule has 0 bridgehead atoms. The zero-order valence-corrected chi connectivity index (χ0v) is 29.8. The van der Waals surface area contributed by atoms with Crippen molar-refractivity contribution in [3.8, 4) is 6.07 Å². The van der Waals surface area contributed by atoms with Crippen molar-refractivity contribution in [1.82, 2.24) is 28.6 Å². The molecule has 2 fully saturated rings. The topological polar surface area (TPSA) is 110 Å². The van der Waals surface area contributed by atoms with Gasteiger partial charge in [0.05, 0.1) is 28.3 Å². The monoisotopic (exact) mass is 715 g/mol. The number of hydrogen-bond acceptors (Lipinski definition) is 9. The zero-order chi connectivity index (χ0) is 34.4. The molecule has 0 aliphatic carbocycles. The molecule has 4 aromatic rings. The van der Waals surface area contributed by atoms with Crippen molar-refractivity contribution >= 4 is 58.5 Å². The summed E-state index contributed by atoms with van der Waals surface area (Å²) in [7, 11) is 0.737. The lowest BCUT2D eigenvalue weighted by molar-refractivity contribution is -0.126. The van der Waals surface area contributed by atoms with Gasteiger partial charge in [0.25, 0.3) is 0 Å². The van der Waals surface area contributed by atoms with E-state index in [1.54, 1.807) is 6.07 Å². The first-order valence-corrected chi connectivity index (χ1v) is 19.0. The Morgan fingerprint density at radius 2 is 1.79 bits per heavy atom. The van der Waals surface area contributed by atoms with Crippen LogP contribution in [0.15, 0.2) is 30.6 Å². The quantitative estimate of drug-likeness (QED) is 0.253. The number of aromatic nitrogens is 3. The normalized spacial score (nSPS) is 19.1. The van der Waals surface area contributed by atoms with Gasteiger partial charge < -0.3 is 9.88 Å². The summed E-state index contributed by atoms with van der Waals surface area (Å²) in [4.78, 5) is 13.9. The number of anilines is 1. The second kappa shape index (κ2) is 13.3. The summed E-state index contributed by atoms with van der Waals surface area (Å²) in [5, 5.41) is 14.7. The van der Waals surface area contributed by atoms with Gasteiger partial charge in [-0.25, -0.2) is 18.4 Å². The molecule has 0 unspecified atom stereocenters. The van der Waals surface area contributed by atoms with E-state index in [1.807, 2.05) is 10.6 Å². The minimum atomic E-state index is -4.27. The maximum Gasteiger partial charge on any atom is 0.393 e. The molecule has 6 rings (SSSR count). The van der Waals surface area contributed by atoms with Gasteiger partial charge in [0.15, 0.2) is 0 Å². The molecule has 3 radical (unpaired) electrons. The predicted octanol–water partition coefficient (Wildman–Crippen LogP) is 4.47. The molecule has 1 N–H and O–H groups in total. The minimum Gasteiger partial charge on any atom is -0.367 e. The van der Waals surface area contributed by atoms with Gasteiger partial charge >= 0.3 is 6.18 Å². The Morgan fingerprint density at radius 1 is 1.08 bits per heavy atom. The van der Waals surface area contributed by atoms with Crippen LogP contribution < -0.4 is 5.32 Å². The summed E-state index contributed by atoms with van der Waals surface area (Å²) in [6.07, 6.45) is -0.869. The van der Waals surface area contributed by atoms with Crippen LogP contribution in [0.5, 0.6) is 0 Å². The molecule has 5 heterocycles. The average Bonchev–Trinajstić information content (AvgIpc) is 3.59. The van der Waals surface area contributed by atoms with Crippen molar-refractivity contribution in [2.24, 2.45) is 0 Å². The number of benzene rings is 1. The maximum absolute atomic E-state index is 13.0. The third-order valence-corrected chi connectivity index (χ3v) is 12.4. The van der Waals surface area contributed by atoms with E-state index in [-0.39, 0.29) is 10.9 Å². The SMILES string of the molecule is Cc1c(CN2CCC(Nc3ncnc4sc(CC(F)(F)F)cc34)CC2)ccc2c1cc(C#N)n2C[C@](C)([Si])N1CCN(S(C)(=O)=O)CC1. The van der Waals surface area contributed by atoms with Crippen LogP contribution in [0, 0.1) is 18.3 Å². The predicted molar refractivity (Wildman–Crippen MR) is 183 cm³/mol. The number of piperazine rings is 1. The number of halogens is 3.